The van der Waals surface area contributed by atoms with Crippen LogP contribution in [0.2, 0.25) is 0 Å². The average Bonchev–Trinajstić information content (AvgIpc) is 3.35. The number of nitrogens with zero attached hydrogens (tertiary/aromatic N) is 2. The van der Waals surface area contributed by atoms with E-state index in [9.17, 15) is 14.7 Å². The van der Waals surface area contributed by atoms with Crippen LogP contribution >= 0.6 is 0 Å². The van der Waals surface area contributed by atoms with Crippen LogP contribution in [-0.4, -0.2) is 32.7 Å². The van der Waals surface area contributed by atoms with Gasteiger partial charge in [0.25, 0.3) is 11.7 Å². The topological polar surface area (TPSA) is 70.5 Å². The van der Waals surface area contributed by atoms with Crippen LogP contribution in [0, 0.1) is 6.92 Å². The molecule has 1 atom stereocenters. The Labute approximate surface area is 183 Å². The summed E-state index contributed by atoms with van der Waals surface area (Å²) in [6.07, 6.45) is 7.18. The molecule has 0 spiro atoms. The lowest BCUT2D eigenvalue weighted by atomic mass is 9.84. The Kier molecular flexibility index (Phi) is 5.46. The molecule has 1 saturated carbocycles. The van der Waals surface area contributed by atoms with Gasteiger partial charge in [-0.05, 0) is 60.1 Å². The number of rotatable bonds is 3. The van der Waals surface area contributed by atoms with Gasteiger partial charge in [0, 0.05) is 24.0 Å². The third-order valence-electron chi connectivity index (χ3n) is 6.58. The summed E-state index contributed by atoms with van der Waals surface area (Å²) < 4.78 is 0. The lowest BCUT2D eigenvalue weighted by molar-refractivity contribution is -0.141. The van der Waals surface area contributed by atoms with E-state index in [-0.39, 0.29) is 22.8 Å². The number of ketones is 1. The summed E-state index contributed by atoms with van der Waals surface area (Å²) in [6.45, 7) is 8.24. The number of hydrogen-bond donors (Lipinski definition) is 1. The standard InChI is InChI=1S/C26H30N2O3/c1-16-9-10-18(26(2,3)4)15-20(16)23(29)21-22(17-11-13-27-14-12-17)28(25(31)24(21)30)19-7-5-6-8-19/h9-15,19,22,29H,5-8H2,1-4H3/b23-21+. The zero-order valence-electron chi connectivity index (χ0n) is 18.7. The lowest BCUT2D eigenvalue weighted by Gasteiger charge is -2.30. The van der Waals surface area contributed by atoms with E-state index in [0.717, 1.165) is 42.4 Å². The third-order valence-corrected chi connectivity index (χ3v) is 6.58. The van der Waals surface area contributed by atoms with E-state index in [1.165, 1.54) is 0 Å². The molecule has 5 nitrogen and oxygen atoms in total. The van der Waals surface area contributed by atoms with E-state index in [1.54, 1.807) is 17.3 Å². The van der Waals surface area contributed by atoms with Gasteiger partial charge in [0.2, 0.25) is 0 Å². The Bertz CT molecular complexity index is 1040. The van der Waals surface area contributed by atoms with Gasteiger partial charge < -0.3 is 10.0 Å². The molecule has 1 aromatic carbocycles. The number of hydrogen-bond acceptors (Lipinski definition) is 4. The second kappa shape index (κ2) is 7.95. The van der Waals surface area contributed by atoms with Gasteiger partial charge in [-0.2, -0.15) is 0 Å². The summed E-state index contributed by atoms with van der Waals surface area (Å²) >= 11 is 0. The highest BCUT2D eigenvalue weighted by Gasteiger charge is 2.49. The highest BCUT2D eigenvalue weighted by atomic mass is 16.3. The molecule has 5 heteroatoms. The van der Waals surface area contributed by atoms with Gasteiger partial charge in [0.15, 0.2) is 0 Å². The van der Waals surface area contributed by atoms with Gasteiger partial charge >= 0.3 is 0 Å². The highest BCUT2D eigenvalue weighted by molar-refractivity contribution is 6.46. The molecular formula is C26H30N2O3. The van der Waals surface area contributed by atoms with Crippen LogP contribution in [0.4, 0.5) is 0 Å². The van der Waals surface area contributed by atoms with Crippen LogP contribution in [0.5, 0.6) is 0 Å². The van der Waals surface area contributed by atoms with Crippen molar-refractivity contribution in [1.82, 2.24) is 9.88 Å². The molecule has 2 fully saturated rings. The molecule has 1 aromatic heterocycles. The van der Waals surface area contributed by atoms with Crippen molar-refractivity contribution in [2.45, 2.75) is 70.9 Å². The van der Waals surface area contributed by atoms with E-state index in [4.69, 9.17) is 0 Å². The zero-order valence-corrected chi connectivity index (χ0v) is 18.7. The predicted molar refractivity (Wildman–Crippen MR) is 121 cm³/mol. The van der Waals surface area contributed by atoms with E-state index in [0.29, 0.717) is 5.56 Å². The minimum Gasteiger partial charge on any atom is -0.507 e. The number of aliphatic hydroxyl groups excluding tert-OH is 1. The van der Waals surface area contributed by atoms with Crippen molar-refractivity contribution in [2.75, 3.05) is 0 Å². The van der Waals surface area contributed by atoms with Crippen molar-refractivity contribution in [3.8, 4) is 0 Å². The SMILES string of the molecule is Cc1ccc(C(C)(C)C)cc1/C(O)=C1\C(=O)C(=O)N(C2CCCC2)C1c1ccncc1. The van der Waals surface area contributed by atoms with Crippen LogP contribution < -0.4 is 0 Å². The summed E-state index contributed by atoms with van der Waals surface area (Å²) in [4.78, 5) is 32.2. The largest absolute Gasteiger partial charge is 0.507 e. The number of Topliss-reactive ketones (excluding diaryl/α,β-unsaturated/α-hetero) is 1. The zero-order chi connectivity index (χ0) is 22.3. The van der Waals surface area contributed by atoms with Crippen molar-refractivity contribution in [3.63, 3.8) is 0 Å². The molecule has 1 amide bonds. The highest BCUT2D eigenvalue weighted by Crippen LogP contribution is 2.43. The van der Waals surface area contributed by atoms with Gasteiger partial charge in [-0.3, -0.25) is 14.6 Å². The summed E-state index contributed by atoms with van der Waals surface area (Å²) in [5.41, 5.74) is 3.40. The number of benzene rings is 1. The molecular weight excluding hydrogens is 388 g/mol. The average molecular weight is 419 g/mol. The van der Waals surface area contributed by atoms with E-state index >= 15 is 0 Å². The molecule has 2 aromatic rings. The first-order valence-corrected chi connectivity index (χ1v) is 11.0. The molecule has 0 bridgehead atoms. The van der Waals surface area contributed by atoms with Crippen molar-refractivity contribution >= 4 is 17.4 Å². The number of carbonyl (C=O) groups excluding carboxylic acids is 2. The molecule has 1 aliphatic heterocycles. The van der Waals surface area contributed by atoms with Crippen LogP contribution in [0.3, 0.4) is 0 Å². The van der Waals surface area contributed by atoms with Gasteiger partial charge in [0.05, 0.1) is 11.6 Å². The molecule has 4 rings (SSSR count). The van der Waals surface area contributed by atoms with Crippen molar-refractivity contribution in [1.29, 1.82) is 0 Å². The van der Waals surface area contributed by atoms with E-state index in [1.807, 2.05) is 37.3 Å². The Morgan fingerprint density at radius 1 is 1.06 bits per heavy atom. The van der Waals surface area contributed by atoms with Crippen molar-refractivity contribution in [2.24, 2.45) is 0 Å². The fourth-order valence-corrected chi connectivity index (χ4v) is 4.77. The smallest absolute Gasteiger partial charge is 0.295 e. The number of pyridine rings is 1. The molecule has 1 N–H and O–H groups in total. The second-order valence-electron chi connectivity index (χ2n) is 9.70. The minimum absolute atomic E-state index is 0.0157. The number of aryl methyl sites for hydroxylation is 1. The fraction of sp³-hybridized carbons (Fsp3) is 0.423. The van der Waals surface area contributed by atoms with Gasteiger partial charge in [-0.15, -0.1) is 0 Å². The van der Waals surface area contributed by atoms with Crippen LogP contribution in [0.1, 0.15) is 74.8 Å². The first kappa shape index (κ1) is 21.3. The summed E-state index contributed by atoms with van der Waals surface area (Å²) in [5.74, 6) is -1.21. The maximum Gasteiger partial charge on any atom is 0.295 e. The molecule has 162 valence electrons. The normalized spacial score (nSPS) is 21.8. The number of aliphatic hydroxyl groups is 1. The Balaban J connectivity index is 1.91. The summed E-state index contributed by atoms with van der Waals surface area (Å²) in [7, 11) is 0. The Morgan fingerprint density at radius 3 is 2.32 bits per heavy atom. The van der Waals surface area contributed by atoms with Crippen LogP contribution in [0.25, 0.3) is 5.76 Å². The van der Waals surface area contributed by atoms with Gasteiger partial charge in [-0.25, -0.2) is 0 Å². The fourth-order valence-electron chi connectivity index (χ4n) is 4.77. The van der Waals surface area contributed by atoms with Crippen LogP contribution in [-0.2, 0) is 15.0 Å². The molecule has 2 aliphatic rings. The summed E-state index contributed by atoms with van der Waals surface area (Å²) in [5, 5.41) is 11.4. The summed E-state index contributed by atoms with van der Waals surface area (Å²) in [6, 6.07) is 9.02. The van der Waals surface area contributed by atoms with Crippen molar-refractivity contribution < 1.29 is 14.7 Å². The first-order valence-electron chi connectivity index (χ1n) is 11.0. The van der Waals surface area contributed by atoms with Gasteiger partial charge in [0.1, 0.15) is 5.76 Å². The maximum absolute atomic E-state index is 13.2. The van der Waals surface area contributed by atoms with E-state index in [2.05, 4.69) is 25.8 Å². The number of amides is 1. The Morgan fingerprint density at radius 2 is 1.71 bits per heavy atom. The van der Waals surface area contributed by atoms with Crippen LogP contribution in [0.15, 0.2) is 48.3 Å². The van der Waals surface area contributed by atoms with Crippen molar-refractivity contribution in [3.05, 3.63) is 70.6 Å². The maximum atomic E-state index is 13.2. The Hall–Kier alpha value is -2.95. The minimum atomic E-state index is -0.605. The molecule has 0 radical (unpaired) electrons. The number of aromatic nitrogens is 1. The molecule has 2 heterocycles. The first-order chi connectivity index (χ1) is 14.7. The third kappa shape index (κ3) is 3.78. The molecule has 1 aliphatic carbocycles. The van der Waals surface area contributed by atoms with Gasteiger partial charge in [-0.1, -0.05) is 45.7 Å². The number of likely N-dealkylation sites (tertiary alicyclic amines) is 1. The van der Waals surface area contributed by atoms with E-state index < -0.39 is 17.7 Å². The number of carbonyl (C=O) groups is 2. The molecule has 31 heavy (non-hydrogen) atoms. The predicted octanol–water partition coefficient (Wildman–Crippen LogP) is 5.05. The molecule has 1 saturated heterocycles. The second-order valence-corrected chi connectivity index (χ2v) is 9.70. The molecule has 1 unspecified atom stereocenters. The lowest BCUT2D eigenvalue weighted by Crippen LogP contribution is -2.37. The monoisotopic (exact) mass is 418 g/mol. The quantitative estimate of drug-likeness (QED) is 0.430.